The second kappa shape index (κ2) is 7.20. The Morgan fingerprint density at radius 3 is 2.50 bits per heavy atom. The Bertz CT molecular complexity index is 720. The van der Waals surface area contributed by atoms with Crippen molar-refractivity contribution in [1.82, 2.24) is 10.4 Å². The van der Waals surface area contributed by atoms with Crippen molar-refractivity contribution in [3.8, 4) is 5.75 Å². The minimum atomic E-state index is -5.11. The van der Waals surface area contributed by atoms with Gasteiger partial charge in [-0.1, -0.05) is 13.3 Å². The number of ether oxygens (including phenoxy) is 1. The van der Waals surface area contributed by atoms with Crippen LogP contribution in [0.2, 0.25) is 0 Å². The minimum absolute atomic E-state index is 0.0560. The summed E-state index contributed by atoms with van der Waals surface area (Å²) in [4.78, 5) is 22.1. The van der Waals surface area contributed by atoms with E-state index in [2.05, 4.69) is 5.43 Å². The predicted molar refractivity (Wildman–Crippen MR) is 82.6 cm³/mol. The van der Waals surface area contributed by atoms with Gasteiger partial charge < -0.3 is 9.84 Å². The summed E-state index contributed by atoms with van der Waals surface area (Å²) in [5.41, 5.74) is -1.36. The van der Waals surface area contributed by atoms with Gasteiger partial charge in [-0.05, 0) is 24.6 Å². The molecular weight excluding hydrogens is 359 g/mol. The van der Waals surface area contributed by atoms with Crippen molar-refractivity contribution in [2.24, 2.45) is 0 Å². The number of hydrogen-bond donors (Lipinski definition) is 2. The van der Waals surface area contributed by atoms with Gasteiger partial charge in [0.25, 0.3) is 17.3 Å². The van der Waals surface area contributed by atoms with Crippen LogP contribution in [0, 0.1) is 10.1 Å². The molecule has 0 bridgehead atoms. The van der Waals surface area contributed by atoms with Crippen molar-refractivity contribution in [3.05, 3.63) is 46.2 Å². The van der Waals surface area contributed by atoms with E-state index in [1.807, 2.05) is 0 Å². The van der Waals surface area contributed by atoms with Gasteiger partial charge in [0.15, 0.2) is 6.61 Å². The fourth-order valence-electron chi connectivity index (χ4n) is 2.30. The average Bonchev–Trinajstić information content (AvgIpc) is 2.91. The molecular formula is C15H16F3N3O5. The van der Waals surface area contributed by atoms with Crippen LogP contribution in [-0.4, -0.2) is 39.5 Å². The number of nitrogens with zero attached hydrogens (tertiary/aromatic N) is 2. The van der Waals surface area contributed by atoms with Gasteiger partial charge in [-0.2, -0.15) is 13.2 Å². The molecule has 0 saturated carbocycles. The lowest BCUT2D eigenvalue weighted by atomic mass is 10.1. The minimum Gasteiger partial charge on any atom is -0.484 e. The summed E-state index contributed by atoms with van der Waals surface area (Å²) < 4.78 is 44.7. The molecule has 0 fully saturated rings. The number of alkyl halides is 3. The summed E-state index contributed by atoms with van der Waals surface area (Å²) in [7, 11) is 0. The highest BCUT2D eigenvalue weighted by molar-refractivity contribution is 5.79. The summed E-state index contributed by atoms with van der Waals surface area (Å²) in [6, 6.07) is 4.67. The maximum atomic E-state index is 13.2. The molecule has 0 saturated heterocycles. The number of hydrogen-bond acceptors (Lipinski definition) is 6. The Labute approximate surface area is 146 Å². The van der Waals surface area contributed by atoms with Crippen LogP contribution in [0.5, 0.6) is 5.75 Å². The van der Waals surface area contributed by atoms with Crippen molar-refractivity contribution in [2.75, 3.05) is 6.61 Å². The van der Waals surface area contributed by atoms with Gasteiger partial charge in [-0.15, -0.1) is 0 Å². The lowest BCUT2D eigenvalue weighted by molar-refractivity contribution is -0.384. The topological polar surface area (TPSA) is 105 Å². The first-order chi connectivity index (χ1) is 12.1. The fraction of sp³-hybridized carbons (Fsp3) is 0.400. The number of amides is 1. The fourth-order valence-corrected chi connectivity index (χ4v) is 2.30. The zero-order valence-corrected chi connectivity index (χ0v) is 13.6. The highest BCUT2D eigenvalue weighted by atomic mass is 19.4. The molecule has 142 valence electrons. The number of aliphatic hydroxyl groups is 1. The van der Waals surface area contributed by atoms with Crippen LogP contribution in [0.3, 0.4) is 0 Å². The maximum absolute atomic E-state index is 13.2. The lowest BCUT2D eigenvalue weighted by Gasteiger charge is -2.33. The number of halogens is 3. The number of benzene rings is 1. The molecule has 0 aromatic heterocycles. The van der Waals surface area contributed by atoms with Crippen LogP contribution >= 0.6 is 0 Å². The number of carbonyl (C=O) groups is 1. The first-order valence-electron chi connectivity index (χ1n) is 7.56. The second-order valence-corrected chi connectivity index (χ2v) is 5.52. The number of nitro benzene ring substituents is 1. The third-order valence-electron chi connectivity index (χ3n) is 3.57. The highest BCUT2D eigenvalue weighted by Gasteiger charge is 2.61. The van der Waals surface area contributed by atoms with Crippen molar-refractivity contribution in [1.29, 1.82) is 0 Å². The number of non-ortho nitro benzene ring substituents is 1. The number of nitrogens with one attached hydrogen (secondary N) is 1. The molecule has 1 amide bonds. The molecule has 0 aliphatic carbocycles. The molecule has 1 aliphatic rings. The molecule has 0 radical (unpaired) electrons. The van der Waals surface area contributed by atoms with E-state index in [1.54, 1.807) is 6.92 Å². The molecule has 0 spiro atoms. The Hall–Kier alpha value is -2.82. The van der Waals surface area contributed by atoms with Crippen molar-refractivity contribution in [3.63, 3.8) is 0 Å². The van der Waals surface area contributed by atoms with Crippen molar-refractivity contribution in [2.45, 2.75) is 31.7 Å². The summed E-state index contributed by atoms with van der Waals surface area (Å²) >= 11 is 0. The molecule has 2 N–H and O–H groups in total. The van der Waals surface area contributed by atoms with Gasteiger partial charge in [0, 0.05) is 17.8 Å². The van der Waals surface area contributed by atoms with E-state index >= 15 is 0 Å². The number of hydrazine groups is 1. The SMILES string of the molecule is CCCC1=C[C@](O)(C(F)(F)F)N(C(=O)COc2ccc([N+](=O)[O-])cc2)N1. The van der Waals surface area contributed by atoms with E-state index in [4.69, 9.17) is 4.74 Å². The van der Waals surface area contributed by atoms with Crippen molar-refractivity contribution < 1.29 is 32.7 Å². The van der Waals surface area contributed by atoms with Crippen LogP contribution in [0.25, 0.3) is 0 Å². The van der Waals surface area contributed by atoms with Crippen LogP contribution in [0.15, 0.2) is 36.0 Å². The van der Waals surface area contributed by atoms with Crippen LogP contribution in [-0.2, 0) is 4.79 Å². The predicted octanol–water partition coefficient (Wildman–Crippen LogP) is 2.26. The highest BCUT2D eigenvalue weighted by Crippen LogP contribution is 2.38. The van der Waals surface area contributed by atoms with Gasteiger partial charge in [0.2, 0.25) is 0 Å². The first-order valence-corrected chi connectivity index (χ1v) is 7.56. The Morgan fingerprint density at radius 2 is 2.00 bits per heavy atom. The molecule has 1 atom stereocenters. The summed E-state index contributed by atoms with van der Waals surface area (Å²) in [5, 5.41) is 20.6. The van der Waals surface area contributed by atoms with E-state index in [9.17, 15) is 33.2 Å². The molecule has 1 aromatic rings. The van der Waals surface area contributed by atoms with E-state index in [0.717, 1.165) is 12.1 Å². The molecule has 0 unspecified atom stereocenters. The third kappa shape index (κ3) is 3.87. The molecule has 1 heterocycles. The van der Waals surface area contributed by atoms with E-state index < -0.39 is 29.3 Å². The Morgan fingerprint density at radius 1 is 1.38 bits per heavy atom. The second-order valence-electron chi connectivity index (χ2n) is 5.52. The Kier molecular flexibility index (Phi) is 5.40. The summed E-state index contributed by atoms with van der Waals surface area (Å²) in [5.74, 6) is -1.11. The average molecular weight is 375 g/mol. The lowest BCUT2D eigenvalue weighted by Crippen LogP contribution is -2.61. The molecule has 2 rings (SSSR count). The van der Waals surface area contributed by atoms with E-state index in [0.29, 0.717) is 12.5 Å². The van der Waals surface area contributed by atoms with Gasteiger partial charge in [-0.25, -0.2) is 5.01 Å². The number of allylic oxidation sites excluding steroid dienone is 1. The zero-order valence-electron chi connectivity index (χ0n) is 13.6. The van der Waals surface area contributed by atoms with Gasteiger partial charge in [0.05, 0.1) is 4.92 Å². The van der Waals surface area contributed by atoms with E-state index in [-0.39, 0.29) is 28.6 Å². The third-order valence-corrected chi connectivity index (χ3v) is 3.57. The molecule has 1 aliphatic heterocycles. The van der Waals surface area contributed by atoms with Gasteiger partial charge in [-0.3, -0.25) is 20.3 Å². The monoisotopic (exact) mass is 375 g/mol. The standard InChI is InChI=1S/C15H16F3N3O5/c1-2-3-10-8-14(23,15(16,17)18)20(19-10)13(22)9-26-12-6-4-11(5-7-12)21(24)25/h4-8,19,23H,2-3,9H2,1H3/t14-/m0/s1. The summed E-state index contributed by atoms with van der Waals surface area (Å²) in [6.45, 7) is 0.924. The normalized spacial score (nSPS) is 19.7. The maximum Gasteiger partial charge on any atom is 0.442 e. The number of rotatable bonds is 6. The number of nitro groups is 1. The molecule has 26 heavy (non-hydrogen) atoms. The first kappa shape index (κ1) is 19.5. The molecule has 8 nitrogen and oxygen atoms in total. The van der Waals surface area contributed by atoms with Crippen LogP contribution in [0.4, 0.5) is 18.9 Å². The van der Waals surface area contributed by atoms with Crippen molar-refractivity contribution >= 4 is 11.6 Å². The quantitative estimate of drug-likeness (QED) is 0.584. The molecule has 11 heteroatoms. The van der Waals surface area contributed by atoms with Crippen LogP contribution in [0.1, 0.15) is 19.8 Å². The molecule has 1 aromatic carbocycles. The van der Waals surface area contributed by atoms with Crippen LogP contribution < -0.4 is 10.2 Å². The van der Waals surface area contributed by atoms with Gasteiger partial charge >= 0.3 is 6.18 Å². The Balaban J connectivity index is 2.09. The summed E-state index contributed by atoms with van der Waals surface area (Å²) in [6.07, 6.45) is -3.84. The smallest absolute Gasteiger partial charge is 0.442 e. The van der Waals surface area contributed by atoms with E-state index in [1.165, 1.54) is 12.1 Å². The largest absolute Gasteiger partial charge is 0.484 e. The zero-order chi connectivity index (χ0) is 19.5. The number of carbonyl (C=O) groups excluding carboxylic acids is 1. The van der Waals surface area contributed by atoms with Gasteiger partial charge in [0.1, 0.15) is 5.75 Å².